The molecular formula is C17H20N2. The Morgan fingerprint density at radius 2 is 2.16 bits per heavy atom. The molecule has 1 aliphatic rings. The van der Waals surface area contributed by atoms with Gasteiger partial charge in [0.2, 0.25) is 0 Å². The fourth-order valence-corrected chi connectivity index (χ4v) is 2.82. The van der Waals surface area contributed by atoms with Crippen molar-refractivity contribution in [1.82, 2.24) is 4.98 Å². The molecule has 2 nitrogen and oxygen atoms in total. The summed E-state index contributed by atoms with van der Waals surface area (Å²) in [5, 5.41) is 1.17. The Morgan fingerprint density at radius 1 is 1.21 bits per heavy atom. The van der Waals surface area contributed by atoms with E-state index in [0.29, 0.717) is 0 Å². The molecule has 0 aliphatic heterocycles. The van der Waals surface area contributed by atoms with E-state index >= 15 is 0 Å². The van der Waals surface area contributed by atoms with Crippen molar-refractivity contribution in [3.63, 3.8) is 0 Å². The van der Waals surface area contributed by atoms with Gasteiger partial charge in [-0.25, -0.2) is 0 Å². The third-order valence-electron chi connectivity index (χ3n) is 3.92. The zero-order valence-electron chi connectivity index (χ0n) is 11.2. The van der Waals surface area contributed by atoms with E-state index in [0.717, 1.165) is 11.9 Å². The van der Waals surface area contributed by atoms with Crippen molar-refractivity contribution >= 4 is 10.9 Å². The molecule has 0 saturated carbocycles. The lowest BCUT2D eigenvalue weighted by Gasteiger charge is -2.18. The fourth-order valence-electron chi connectivity index (χ4n) is 2.82. The van der Waals surface area contributed by atoms with E-state index in [1.807, 2.05) is 12.3 Å². The quantitative estimate of drug-likeness (QED) is 0.834. The van der Waals surface area contributed by atoms with Crippen molar-refractivity contribution in [2.75, 3.05) is 0 Å². The molecule has 1 aromatic carbocycles. The van der Waals surface area contributed by atoms with Gasteiger partial charge in [-0.15, -0.1) is 0 Å². The average Bonchev–Trinajstić information content (AvgIpc) is 2.48. The Hall–Kier alpha value is -1.67. The number of benzene rings is 1. The maximum atomic E-state index is 6.36. The van der Waals surface area contributed by atoms with E-state index < -0.39 is 0 Å². The SMILES string of the molecule is NC(CC1=CCCCC1)c1ccc2ncccc2c1. The van der Waals surface area contributed by atoms with Crippen LogP contribution in [0.15, 0.2) is 48.2 Å². The highest BCUT2D eigenvalue weighted by Crippen LogP contribution is 2.27. The summed E-state index contributed by atoms with van der Waals surface area (Å²) < 4.78 is 0. The van der Waals surface area contributed by atoms with Gasteiger partial charge in [-0.05, 0) is 55.9 Å². The summed E-state index contributed by atoms with van der Waals surface area (Å²) in [6, 6.07) is 10.5. The lowest BCUT2D eigenvalue weighted by Crippen LogP contribution is -2.12. The lowest BCUT2D eigenvalue weighted by molar-refractivity contribution is 0.629. The van der Waals surface area contributed by atoms with Crippen LogP contribution >= 0.6 is 0 Å². The van der Waals surface area contributed by atoms with Gasteiger partial charge in [-0.3, -0.25) is 4.98 Å². The Bertz CT molecular complexity index is 601. The normalized spacial score (nSPS) is 17.2. The molecule has 2 heteroatoms. The van der Waals surface area contributed by atoms with Crippen molar-refractivity contribution < 1.29 is 0 Å². The predicted octanol–water partition coefficient (Wildman–Crippen LogP) is 4.13. The summed E-state index contributed by atoms with van der Waals surface area (Å²) in [7, 11) is 0. The maximum Gasteiger partial charge on any atom is 0.0702 e. The highest BCUT2D eigenvalue weighted by atomic mass is 14.7. The van der Waals surface area contributed by atoms with E-state index in [1.165, 1.54) is 42.2 Å². The molecule has 0 amide bonds. The predicted molar refractivity (Wildman–Crippen MR) is 79.8 cm³/mol. The van der Waals surface area contributed by atoms with Crippen LogP contribution in [0.3, 0.4) is 0 Å². The smallest absolute Gasteiger partial charge is 0.0702 e. The van der Waals surface area contributed by atoms with Crippen LogP contribution in [0.2, 0.25) is 0 Å². The minimum atomic E-state index is 0.106. The lowest BCUT2D eigenvalue weighted by atomic mass is 9.91. The number of rotatable bonds is 3. The molecule has 1 unspecified atom stereocenters. The number of nitrogens with zero attached hydrogens (tertiary/aromatic N) is 1. The number of hydrogen-bond acceptors (Lipinski definition) is 2. The third-order valence-corrected chi connectivity index (χ3v) is 3.92. The van der Waals surface area contributed by atoms with Crippen molar-refractivity contribution in [1.29, 1.82) is 0 Å². The summed E-state index contributed by atoms with van der Waals surface area (Å²) >= 11 is 0. The summed E-state index contributed by atoms with van der Waals surface area (Å²) in [6.45, 7) is 0. The standard InChI is InChI=1S/C17H20N2/c18-16(11-13-5-2-1-3-6-13)14-8-9-17-15(12-14)7-4-10-19-17/h4-5,7-10,12,16H,1-3,6,11,18H2. The van der Waals surface area contributed by atoms with Gasteiger partial charge in [0.05, 0.1) is 5.52 Å². The summed E-state index contributed by atoms with van der Waals surface area (Å²) in [6.07, 6.45) is 10.3. The largest absolute Gasteiger partial charge is 0.324 e. The maximum absolute atomic E-state index is 6.36. The van der Waals surface area contributed by atoms with E-state index in [1.54, 1.807) is 0 Å². The Balaban J connectivity index is 1.80. The van der Waals surface area contributed by atoms with E-state index in [4.69, 9.17) is 5.73 Å². The summed E-state index contributed by atoms with van der Waals surface area (Å²) in [5.41, 5.74) is 10.1. The first kappa shape index (κ1) is 12.4. The molecule has 0 spiro atoms. The van der Waals surface area contributed by atoms with Crippen LogP contribution in [0.1, 0.15) is 43.7 Å². The van der Waals surface area contributed by atoms with Crippen LogP contribution in [0.25, 0.3) is 10.9 Å². The Labute approximate surface area is 114 Å². The van der Waals surface area contributed by atoms with Crippen molar-refractivity contribution in [3.8, 4) is 0 Å². The minimum Gasteiger partial charge on any atom is -0.324 e. The second-order valence-electron chi connectivity index (χ2n) is 5.37. The topological polar surface area (TPSA) is 38.9 Å². The van der Waals surface area contributed by atoms with Gasteiger partial charge < -0.3 is 5.73 Å². The molecule has 1 aliphatic carbocycles. The number of aromatic nitrogens is 1. The van der Waals surface area contributed by atoms with Gasteiger partial charge in [-0.1, -0.05) is 23.8 Å². The van der Waals surface area contributed by atoms with Crippen LogP contribution in [-0.2, 0) is 0 Å². The highest BCUT2D eigenvalue weighted by molar-refractivity contribution is 5.79. The number of fused-ring (bicyclic) bond motifs is 1. The average molecular weight is 252 g/mol. The molecule has 1 aromatic heterocycles. The van der Waals surface area contributed by atoms with E-state index in [-0.39, 0.29) is 6.04 Å². The number of nitrogens with two attached hydrogens (primary N) is 1. The van der Waals surface area contributed by atoms with Crippen LogP contribution in [-0.4, -0.2) is 4.98 Å². The molecule has 98 valence electrons. The third kappa shape index (κ3) is 2.85. The Morgan fingerprint density at radius 3 is 3.00 bits per heavy atom. The van der Waals surface area contributed by atoms with E-state index in [2.05, 4.69) is 35.3 Å². The van der Waals surface area contributed by atoms with Crippen LogP contribution in [0, 0.1) is 0 Å². The van der Waals surface area contributed by atoms with Crippen LogP contribution in [0.4, 0.5) is 0 Å². The molecule has 2 aromatic rings. The highest BCUT2D eigenvalue weighted by Gasteiger charge is 2.11. The minimum absolute atomic E-state index is 0.106. The molecule has 0 saturated heterocycles. The molecule has 1 heterocycles. The molecule has 2 N–H and O–H groups in total. The zero-order chi connectivity index (χ0) is 13.1. The number of allylic oxidation sites excluding steroid dienone is 1. The fraction of sp³-hybridized carbons (Fsp3) is 0.353. The van der Waals surface area contributed by atoms with Crippen molar-refractivity contribution in [2.45, 2.75) is 38.1 Å². The van der Waals surface area contributed by atoms with Crippen molar-refractivity contribution in [3.05, 3.63) is 53.7 Å². The van der Waals surface area contributed by atoms with Gasteiger partial charge >= 0.3 is 0 Å². The first-order chi connectivity index (χ1) is 9.33. The van der Waals surface area contributed by atoms with Gasteiger partial charge in [0.1, 0.15) is 0 Å². The summed E-state index contributed by atoms with van der Waals surface area (Å²) in [4.78, 5) is 4.35. The molecular weight excluding hydrogens is 232 g/mol. The van der Waals surface area contributed by atoms with Crippen LogP contribution in [0.5, 0.6) is 0 Å². The molecule has 1 atom stereocenters. The van der Waals surface area contributed by atoms with Gasteiger partial charge in [-0.2, -0.15) is 0 Å². The summed E-state index contributed by atoms with van der Waals surface area (Å²) in [5.74, 6) is 0. The van der Waals surface area contributed by atoms with E-state index in [9.17, 15) is 0 Å². The second-order valence-corrected chi connectivity index (χ2v) is 5.37. The number of hydrogen-bond donors (Lipinski definition) is 1. The van der Waals surface area contributed by atoms with Gasteiger partial charge in [0, 0.05) is 17.6 Å². The first-order valence-electron chi connectivity index (χ1n) is 7.11. The van der Waals surface area contributed by atoms with Crippen LogP contribution < -0.4 is 5.73 Å². The molecule has 0 fully saturated rings. The molecule has 0 bridgehead atoms. The second kappa shape index (κ2) is 5.54. The molecule has 0 radical (unpaired) electrons. The Kier molecular flexibility index (Phi) is 3.60. The van der Waals surface area contributed by atoms with Crippen molar-refractivity contribution in [2.24, 2.45) is 5.73 Å². The molecule has 3 rings (SSSR count). The molecule has 19 heavy (non-hydrogen) atoms. The first-order valence-corrected chi connectivity index (χ1v) is 7.11. The number of pyridine rings is 1. The monoisotopic (exact) mass is 252 g/mol. The van der Waals surface area contributed by atoms with Gasteiger partial charge in [0.15, 0.2) is 0 Å². The zero-order valence-corrected chi connectivity index (χ0v) is 11.2. The van der Waals surface area contributed by atoms with Gasteiger partial charge in [0.25, 0.3) is 0 Å².